The summed E-state index contributed by atoms with van der Waals surface area (Å²) in [6.45, 7) is 1.69. The van der Waals surface area contributed by atoms with Gasteiger partial charge in [0.25, 0.3) is 5.56 Å². The highest BCUT2D eigenvalue weighted by molar-refractivity contribution is 9.11. The first-order chi connectivity index (χ1) is 15.3. The van der Waals surface area contributed by atoms with Crippen LogP contribution in [-0.2, 0) is 16.9 Å². The van der Waals surface area contributed by atoms with Crippen molar-refractivity contribution in [3.8, 4) is 0 Å². The Balaban J connectivity index is 2.05. The largest absolute Gasteiger partial charge is 0.465 e. The summed E-state index contributed by atoms with van der Waals surface area (Å²) >= 11 is 6.82. The minimum atomic E-state index is -3.78. The summed E-state index contributed by atoms with van der Waals surface area (Å²) in [4.78, 5) is 35.3. The third kappa shape index (κ3) is 3.69. The van der Waals surface area contributed by atoms with E-state index in [0.717, 1.165) is 21.9 Å². The predicted octanol–water partition coefficient (Wildman–Crippen LogP) is 3.34. The standard InChI is InChI=1S/C19H16Br2FN5O5S/c1-8-10(20)6-11(21)14-13(8)27(19(29)30)5-4-26(14)15-12(22)9-7-23-18(33(3,31)32)24-16(9)25(2)17(15)28/h6-7H,4-5H2,1-3H3,(H,29,30). The number of nitrogens with zero attached hydrogens (tertiary/aromatic N) is 5. The van der Waals surface area contributed by atoms with Crippen molar-refractivity contribution in [3.05, 3.63) is 42.9 Å². The van der Waals surface area contributed by atoms with Crippen LogP contribution in [0.15, 0.2) is 31.2 Å². The molecule has 0 aliphatic carbocycles. The van der Waals surface area contributed by atoms with E-state index in [-0.39, 0.29) is 29.8 Å². The van der Waals surface area contributed by atoms with Crippen LogP contribution in [0, 0.1) is 12.7 Å². The normalized spacial score (nSPS) is 14.0. The Labute approximate surface area is 203 Å². The molecule has 1 aliphatic rings. The summed E-state index contributed by atoms with van der Waals surface area (Å²) in [5.41, 5.74) is -0.0464. The molecule has 0 atom stereocenters. The van der Waals surface area contributed by atoms with Gasteiger partial charge in [-0.15, -0.1) is 0 Å². The number of rotatable bonds is 2. The Bertz CT molecular complexity index is 1530. The fourth-order valence-corrected chi connectivity index (χ4v) is 5.63. The number of anilines is 3. The lowest BCUT2D eigenvalue weighted by atomic mass is 10.1. The number of aryl methyl sites for hydroxylation is 1. The molecule has 0 spiro atoms. The molecular weight excluding hydrogens is 589 g/mol. The summed E-state index contributed by atoms with van der Waals surface area (Å²) < 4.78 is 41.5. The van der Waals surface area contributed by atoms with Gasteiger partial charge in [0.2, 0.25) is 15.0 Å². The van der Waals surface area contributed by atoms with Gasteiger partial charge < -0.3 is 10.0 Å². The average Bonchev–Trinajstić information content (AvgIpc) is 2.74. The minimum Gasteiger partial charge on any atom is -0.465 e. The van der Waals surface area contributed by atoms with Gasteiger partial charge >= 0.3 is 6.09 Å². The van der Waals surface area contributed by atoms with Crippen LogP contribution in [0.1, 0.15) is 5.56 Å². The zero-order valence-corrected chi connectivity index (χ0v) is 21.4. The number of amides is 1. The van der Waals surface area contributed by atoms with Gasteiger partial charge in [-0.05, 0) is 34.5 Å². The maximum Gasteiger partial charge on any atom is 0.411 e. The number of carbonyl (C=O) groups is 1. The molecule has 0 unspecified atom stereocenters. The van der Waals surface area contributed by atoms with E-state index in [1.54, 1.807) is 13.0 Å². The van der Waals surface area contributed by atoms with Gasteiger partial charge in [0.05, 0.1) is 16.8 Å². The van der Waals surface area contributed by atoms with Crippen molar-refractivity contribution in [1.29, 1.82) is 0 Å². The van der Waals surface area contributed by atoms with Crippen LogP contribution < -0.4 is 15.4 Å². The van der Waals surface area contributed by atoms with Crippen LogP contribution in [0.5, 0.6) is 0 Å². The third-order valence-corrected chi connectivity index (χ3v) is 7.64. The van der Waals surface area contributed by atoms with Gasteiger partial charge in [0.1, 0.15) is 11.3 Å². The lowest BCUT2D eigenvalue weighted by Gasteiger charge is -2.38. The fourth-order valence-electron chi connectivity index (χ4n) is 3.77. The lowest BCUT2D eigenvalue weighted by Crippen LogP contribution is -2.44. The van der Waals surface area contributed by atoms with Gasteiger partial charge in [-0.25, -0.2) is 22.6 Å². The van der Waals surface area contributed by atoms with E-state index in [2.05, 4.69) is 41.8 Å². The van der Waals surface area contributed by atoms with Crippen molar-refractivity contribution >= 4 is 75.9 Å². The van der Waals surface area contributed by atoms with Crippen LogP contribution in [0.3, 0.4) is 0 Å². The molecule has 1 N–H and O–H groups in total. The zero-order valence-electron chi connectivity index (χ0n) is 17.4. The summed E-state index contributed by atoms with van der Waals surface area (Å²) in [5.74, 6) is -0.935. The fraction of sp³-hybridized carbons (Fsp3) is 0.263. The van der Waals surface area contributed by atoms with Crippen LogP contribution in [0.25, 0.3) is 11.0 Å². The minimum absolute atomic E-state index is 0.00107. The Morgan fingerprint density at radius 1 is 1.18 bits per heavy atom. The molecule has 0 bridgehead atoms. The first-order valence-corrected chi connectivity index (χ1v) is 12.8. The van der Waals surface area contributed by atoms with Gasteiger partial charge in [0, 0.05) is 41.5 Å². The van der Waals surface area contributed by atoms with Crippen molar-refractivity contribution in [2.75, 3.05) is 29.1 Å². The maximum atomic E-state index is 15.7. The Morgan fingerprint density at radius 3 is 2.45 bits per heavy atom. The molecule has 174 valence electrons. The van der Waals surface area contributed by atoms with E-state index in [1.807, 2.05) is 0 Å². The number of fused-ring (bicyclic) bond motifs is 2. The molecule has 1 aromatic carbocycles. The molecule has 4 rings (SSSR count). The number of sulfone groups is 1. The van der Waals surface area contributed by atoms with E-state index in [0.29, 0.717) is 25.9 Å². The second kappa shape index (κ2) is 8.02. The highest BCUT2D eigenvalue weighted by atomic mass is 79.9. The number of carboxylic acid groups (broad SMARTS) is 1. The molecule has 33 heavy (non-hydrogen) atoms. The molecule has 0 saturated heterocycles. The topological polar surface area (TPSA) is 126 Å². The monoisotopic (exact) mass is 603 g/mol. The van der Waals surface area contributed by atoms with Crippen LogP contribution in [0.2, 0.25) is 0 Å². The molecule has 1 amide bonds. The van der Waals surface area contributed by atoms with Crippen LogP contribution in [-0.4, -0.2) is 53.5 Å². The molecular formula is C19H16Br2FN5O5S. The summed E-state index contributed by atoms with van der Waals surface area (Å²) in [5, 5.41) is 9.03. The smallest absolute Gasteiger partial charge is 0.411 e. The zero-order chi connectivity index (χ0) is 24.4. The Morgan fingerprint density at radius 2 is 1.85 bits per heavy atom. The second-order valence-corrected chi connectivity index (χ2v) is 11.1. The quantitative estimate of drug-likeness (QED) is 0.442. The molecule has 2 aromatic heterocycles. The number of halogens is 3. The van der Waals surface area contributed by atoms with Crippen LogP contribution in [0.4, 0.5) is 26.2 Å². The number of benzene rings is 1. The van der Waals surface area contributed by atoms with Gasteiger partial charge in [-0.3, -0.25) is 14.3 Å². The van der Waals surface area contributed by atoms with Crippen molar-refractivity contribution in [3.63, 3.8) is 0 Å². The molecule has 0 radical (unpaired) electrons. The predicted molar refractivity (Wildman–Crippen MR) is 127 cm³/mol. The summed E-state index contributed by atoms with van der Waals surface area (Å²) in [7, 11) is -2.43. The maximum absolute atomic E-state index is 15.7. The first-order valence-electron chi connectivity index (χ1n) is 9.36. The molecule has 0 fully saturated rings. The van der Waals surface area contributed by atoms with Crippen molar-refractivity contribution in [1.82, 2.24) is 14.5 Å². The van der Waals surface area contributed by atoms with Crippen molar-refractivity contribution in [2.45, 2.75) is 12.1 Å². The van der Waals surface area contributed by atoms with E-state index >= 15 is 4.39 Å². The number of hydrogen-bond donors (Lipinski definition) is 1. The summed E-state index contributed by atoms with van der Waals surface area (Å²) in [6, 6.07) is 1.69. The van der Waals surface area contributed by atoms with E-state index in [1.165, 1.54) is 11.9 Å². The first kappa shape index (κ1) is 23.6. The molecule has 10 nitrogen and oxygen atoms in total. The highest BCUT2D eigenvalue weighted by Crippen LogP contribution is 2.47. The number of pyridine rings is 1. The molecule has 0 saturated carbocycles. The van der Waals surface area contributed by atoms with E-state index in [4.69, 9.17) is 0 Å². The lowest BCUT2D eigenvalue weighted by molar-refractivity contribution is 0.201. The van der Waals surface area contributed by atoms with Gasteiger partial charge in [0.15, 0.2) is 5.82 Å². The molecule has 1 aliphatic heterocycles. The third-order valence-electron chi connectivity index (χ3n) is 5.35. The van der Waals surface area contributed by atoms with Crippen molar-refractivity contribution < 1.29 is 22.7 Å². The van der Waals surface area contributed by atoms with Crippen LogP contribution >= 0.6 is 31.9 Å². The van der Waals surface area contributed by atoms with Crippen molar-refractivity contribution in [2.24, 2.45) is 7.05 Å². The van der Waals surface area contributed by atoms with E-state index < -0.39 is 32.5 Å². The van der Waals surface area contributed by atoms with Gasteiger partial charge in [-0.2, -0.15) is 4.98 Å². The van der Waals surface area contributed by atoms with Gasteiger partial charge in [-0.1, -0.05) is 15.9 Å². The summed E-state index contributed by atoms with van der Waals surface area (Å²) in [6.07, 6.45) is 0.749. The Kier molecular flexibility index (Phi) is 5.73. The number of aromatic nitrogens is 3. The molecule has 3 heterocycles. The highest BCUT2D eigenvalue weighted by Gasteiger charge is 2.35. The molecule has 14 heteroatoms. The number of hydrogen-bond acceptors (Lipinski definition) is 7. The Hall–Kier alpha value is -2.58. The molecule has 3 aromatic rings. The van der Waals surface area contributed by atoms with E-state index in [9.17, 15) is 23.1 Å². The SMILES string of the molecule is Cc1c(Br)cc(Br)c2c1N(C(=O)O)CCN2c1c(F)c2cnc(S(C)(=O)=O)nc2n(C)c1=O. The second-order valence-electron chi connectivity index (χ2n) is 7.44. The average molecular weight is 605 g/mol.